The van der Waals surface area contributed by atoms with E-state index in [1.165, 1.54) is 87.7 Å². The van der Waals surface area contributed by atoms with Crippen molar-refractivity contribution in [2.45, 2.75) is 223 Å². The first-order chi connectivity index (χ1) is 39.2. The third-order valence-corrected chi connectivity index (χ3v) is 16.1. The van der Waals surface area contributed by atoms with Crippen LogP contribution in [0.25, 0.3) is 0 Å². The number of carbonyl (C=O) groups is 11. The summed E-state index contributed by atoms with van der Waals surface area (Å²) in [5.41, 5.74) is 0. The third-order valence-electron chi connectivity index (χ3n) is 16.1. The van der Waals surface area contributed by atoms with Gasteiger partial charge in [-0.25, -0.2) is 0 Å². The fourth-order valence-electron chi connectivity index (χ4n) is 10.7. The number of hydrogen-bond donors (Lipinski definition) is 5. The molecular formula is C62H111N11O12. The van der Waals surface area contributed by atoms with E-state index in [-0.39, 0.29) is 55.8 Å². The zero-order chi connectivity index (χ0) is 66.0. The molecule has 0 aromatic carbocycles. The van der Waals surface area contributed by atoms with Gasteiger partial charge in [0.15, 0.2) is 0 Å². The fraction of sp³-hybridized carbons (Fsp3) is 0.790. The van der Waals surface area contributed by atoms with Gasteiger partial charge in [0.2, 0.25) is 65.0 Å². The zero-order valence-corrected chi connectivity index (χ0v) is 56.1. The predicted molar refractivity (Wildman–Crippen MR) is 328 cm³/mol. The summed E-state index contributed by atoms with van der Waals surface area (Å²) in [5, 5.41) is 23.1. The maximum atomic E-state index is 15.1. The largest absolute Gasteiger partial charge is 0.390 e. The minimum absolute atomic E-state index is 0.0229. The fourth-order valence-corrected chi connectivity index (χ4v) is 10.7. The van der Waals surface area contributed by atoms with Gasteiger partial charge in [0.25, 0.3) is 0 Å². The van der Waals surface area contributed by atoms with Crippen molar-refractivity contribution in [2.75, 3.05) is 55.9 Å². The van der Waals surface area contributed by atoms with E-state index < -0.39 is 156 Å². The first-order valence-electron chi connectivity index (χ1n) is 30.6. The predicted octanol–water partition coefficient (Wildman–Crippen LogP) is 3.27. The number of allylic oxidation sites excluding steroid dienone is 2. The molecule has 0 spiro atoms. The first kappa shape index (κ1) is 76.9. The normalized spacial score (nSPS) is 26.9. The highest BCUT2D eigenvalue weighted by Gasteiger charge is 2.45. The van der Waals surface area contributed by atoms with Crippen LogP contribution in [0, 0.1) is 41.4 Å². The van der Waals surface area contributed by atoms with Crippen LogP contribution in [-0.2, 0) is 52.7 Å². The van der Waals surface area contributed by atoms with Gasteiger partial charge >= 0.3 is 0 Å². The summed E-state index contributed by atoms with van der Waals surface area (Å²) >= 11 is 0. The molecule has 23 heteroatoms. The van der Waals surface area contributed by atoms with Gasteiger partial charge in [-0.15, -0.1) is 0 Å². The quantitative estimate of drug-likeness (QED) is 0.148. The van der Waals surface area contributed by atoms with E-state index in [0.717, 1.165) is 9.80 Å². The number of nitrogens with zero attached hydrogens (tertiary/aromatic N) is 7. The van der Waals surface area contributed by atoms with Crippen LogP contribution in [0.3, 0.4) is 0 Å². The summed E-state index contributed by atoms with van der Waals surface area (Å²) in [6, 6.07) is -12.3. The van der Waals surface area contributed by atoms with Gasteiger partial charge < -0.3 is 60.7 Å². The number of carbonyl (C=O) groups excluding carboxylic acids is 11. The van der Waals surface area contributed by atoms with Crippen molar-refractivity contribution in [2.24, 2.45) is 41.4 Å². The molecule has 0 aliphatic carbocycles. The third kappa shape index (κ3) is 21.7. The van der Waals surface area contributed by atoms with Gasteiger partial charge in [-0.3, -0.25) is 52.7 Å². The minimum atomic E-state index is -1.61. The molecule has 0 bridgehead atoms. The van der Waals surface area contributed by atoms with Crippen LogP contribution in [0.5, 0.6) is 0 Å². The van der Waals surface area contributed by atoms with E-state index in [2.05, 4.69) is 21.3 Å². The first-order valence-corrected chi connectivity index (χ1v) is 30.6. The molecule has 0 radical (unpaired) electrons. The Kier molecular flexibility index (Phi) is 31.5. The lowest BCUT2D eigenvalue weighted by Crippen LogP contribution is -2.63. The molecule has 85 heavy (non-hydrogen) atoms. The maximum Gasteiger partial charge on any atom is 0.246 e. The molecule has 1 heterocycles. The summed E-state index contributed by atoms with van der Waals surface area (Å²) < 4.78 is 0. The number of rotatable bonds is 15. The molecule has 1 saturated heterocycles. The summed E-state index contributed by atoms with van der Waals surface area (Å²) in [6.07, 6.45) is 3.04. The molecule has 1 fully saturated rings. The lowest BCUT2D eigenvalue weighted by atomic mass is 9.91. The van der Waals surface area contributed by atoms with Crippen molar-refractivity contribution in [3.8, 4) is 0 Å². The lowest BCUT2D eigenvalue weighted by Gasteiger charge is -2.41. The van der Waals surface area contributed by atoms with Gasteiger partial charge in [-0.2, -0.15) is 0 Å². The molecule has 23 nitrogen and oxygen atoms in total. The Balaban J connectivity index is 4.32. The summed E-state index contributed by atoms with van der Waals surface area (Å²) in [6.45, 7) is 29.3. The van der Waals surface area contributed by atoms with Crippen LogP contribution in [-0.4, -0.2) is 227 Å². The number of aliphatic hydroxyl groups excluding tert-OH is 1. The van der Waals surface area contributed by atoms with Gasteiger partial charge in [0, 0.05) is 49.3 Å². The van der Waals surface area contributed by atoms with Crippen LogP contribution in [0.15, 0.2) is 12.2 Å². The summed E-state index contributed by atoms with van der Waals surface area (Å²) in [4.78, 5) is 169. The van der Waals surface area contributed by atoms with E-state index in [1.54, 1.807) is 54.5 Å². The van der Waals surface area contributed by atoms with E-state index in [1.807, 2.05) is 61.5 Å². The van der Waals surface area contributed by atoms with Gasteiger partial charge in [-0.05, 0) is 101 Å². The minimum Gasteiger partial charge on any atom is -0.390 e. The molecule has 0 saturated carbocycles. The molecule has 1 aliphatic heterocycles. The molecule has 486 valence electrons. The second-order valence-corrected chi connectivity index (χ2v) is 26.1. The molecule has 1 rings (SSSR count). The molecule has 11 amide bonds. The molecule has 1 aliphatic rings. The highest BCUT2D eigenvalue weighted by Crippen LogP contribution is 2.26. The van der Waals surface area contributed by atoms with E-state index in [4.69, 9.17) is 0 Å². The molecule has 5 N–H and O–H groups in total. The van der Waals surface area contributed by atoms with E-state index in [9.17, 15) is 48.3 Å². The summed E-state index contributed by atoms with van der Waals surface area (Å²) in [7, 11) is 9.92. The summed E-state index contributed by atoms with van der Waals surface area (Å²) in [5.74, 6) is -9.71. The van der Waals surface area contributed by atoms with Gasteiger partial charge in [0.05, 0.1) is 12.6 Å². The monoisotopic (exact) mass is 1200 g/mol. The average Bonchev–Trinajstić information content (AvgIpc) is 3.62. The highest BCUT2D eigenvalue weighted by molar-refractivity contribution is 5.99. The number of hydrogen-bond acceptors (Lipinski definition) is 12. The molecule has 0 aromatic rings. The second kappa shape index (κ2) is 34.9. The van der Waals surface area contributed by atoms with Gasteiger partial charge in [0.1, 0.15) is 60.4 Å². The van der Waals surface area contributed by atoms with Crippen molar-refractivity contribution < 1.29 is 57.8 Å². The van der Waals surface area contributed by atoms with Crippen molar-refractivity contribution in [1.82, 2.24) is 55.6 Å². The van der Waals surface area contributed by atoms with Gasteiger partial charge in [-0.1, -0.05) is 109 Å². The standard InChI is InChI=1S/C62H111N11O12/c1-25-27-28-40(15)52(75)51-56(79)65-43(26-2)58(81)67(18)33-48(74)68(19)44(29-34(3)4)55(78)66-49(38(11)12)61(84)69(20)45(30-35(5)6)54(77)63-41(16)53(76)64-42(17)57(80)70(21)46(31-36(7)8)59(82)71(22)47(32-37(9)10)60(83)72(23)50(39(13)14)62(85)73(51)24/h25,27,34-47,49-52,75H,26,28-33H2,1-24H3,(H,63,77)(H,64,76)(H,65,79)(H,66,78)/b27-25+/t40-,41-,42-,43+,44+,45+,46-,47+,49-,50+,51+,52-/m1/s1. The van der Waals surface area contributed by atoms with Crippen LogP contribution in [0.1, 0.15) is 156 Å². The topological polar surface area (TPSA) is 279 Å². The number of amides is 11. The number of likely N-dealkylation sites (N-methyl/N-ethyl adjacent to an activating group) is 7. The average molecular weight is 1200 g/mol. The number of nitrogens with one attached hydrogen (secondary N) is 4. The Morgan fingerprint density at radius 2 is 0.871 bits per heavy atom. The Hall–Kier alpha value is -6.13. The van der Waals surface area contributed by atoms with Crippen molar-refractivity contribution >= 4 is 65.0 Å². The van der Waals surface area contributed by atoms with E-state index in [0.29, 0.717) is 6.42 Å². The molecule has 0 unspecified atom stereocenters. The lowest BCUT2D eigenvalue weighted by molar-refractivity contribution is -0.157. The Bertz CT molecular complexity index is 2330. The van der Waals surface area contributed by atoms with E-state index >= 15 is 9.59 Å². The number of aliphatic hydroxyl groups is 1. The smallest absolute Gasteiger partial charge is 0.246 e. The molecule has 12 atom stereocenters. The Morgan fingerprint density at radius 1 is 0.459 bits per heavy atom. The maximum absolute atomic E-state index is 15.1. The SMILES string of the molecule is C/C=C/C[C@@H](C)[C@@H](O)[C@H]1C(=O)N[C@@H](CC)C(=O)N(C)CC(=O)N(C)[C@@H](CC(C)C)C(=O)N[C@H](C(C)C)C(=O)N(C)[C@@H](CC(C)C)C(=O)N[C@H](C)C(=O)N[C@H](C)C(=O)N(C)[C@H](CC(C)C)C(=O)N(C)[C@@H](CC(C)C)C(=O)N(C)[C@@H](C(C)C)C(=O)N1C. The van der Waals surface area contributed by atoms with Crippen LogP contribution in [0.2, 0.25) is 0 Å². The zero-order valence-electron chi connectivity index (χ0n) is 56.1. The van der Waals surface area contributed by atoms with Crippen molar-refractivity contribution in [3.05, 3.63) is 12.2 Å². The van der Waals surface area contributed by atoms with Crippen LogP contribution < -0.4 is 21.3 Å². The van der Waals surface area contributed by atoms with Crippen molar-refractivity contribution in [1.29, 1.82) is 0 Å². The van der Waals surface area contributed by atoms with Crippen molar-refractivity contribution in [3.63, 3.8) is 0 Å². The highest BCUT2D eigenvalue weighted by atomic mass is 16.3. The Morgan fingerprint density at radius 3 is 1.32 bits per heavy atom. The Labute approximate surface area is 508 Å². The van der Waals surface area contributed by atoms with Crippen LogP contribution >= 0.6 is 0 Å². The van der Waals surface area contributed by atoms with Crippen LogP contribution in [0.4, 0.5) is 0 Å². The second-order valence-electron chi connectivity index (χ2n) is 26.1. The molecular weight excluding hydrogens is 1090 g/mol. The molecule has 0 aromatic heterocycles.